The maximum Gasteiger partial charge on any atom is 0.271 e. The van der Waals surface area contributed by atoms with Crippen LogP contribution in [0.4, 0.5) is 5.82 Å². The van der Waals surface area contributed by atoms with Gasteiger partial charge in [-0.05, 0) is 42.0 Å². The molecule has 5 N–H and O–H groups in total. The van der Waals surface area contributed by atoms with Gasteiger partial charge in [0, 0.05) is 6.42 Å². The topological polar surface area (TPSA) is 113 Å². The summed E-state index contributed by atoms with van der Waals surface area (Å²) in [6.07, 6.45) is 1.85. The third kappa shape index (κ3) is 2.94. The first kappa shape index (κ1) is 16.2. The smallest absolute Gasteiger partial charge is 0.271 e. The summed E-state index contributed by atoms with van der Waals surface area (Å²) in [7, 11) is 0. The fourth-order valence-corrected chi connectivity index (χ4v) is 3.65. The fraction of sp³-hybridized carbons (Fsp3) is 0.412. The van der Waals surface area contributed by atoms with Crippen molar-refractivity contribution in [2.75, 3.05) is 12.3 Å². The van der Waals surface area contributed by atoms with Crippen molar-refractivity contribution in [2.24, 2.45) is 5.92 Å². The standard InChI is InChI=1S/C17H19ClN4O3/c18-13-15(21-22-16(13)19)17(24)20-14(10-6-11(23)7-10)9-1-2-12-8(5-9)3-4-25-12/h1-2,5,10-11,14,23H,3-4,6-7H2,(H,20,24)(H3,19,21,22). The molecule has 1 fully saturated rings. The molecule has 1 atom stereocenters. The van der Waals surface area contributed by atoms with Crippen LogP contribution in [0.5, 0.6) is 5.75 Å². The lowest BCUT2D eigenvalue weighted by atomic mass is 9.75. The Labute approximate surface area is 149 Å². The van der Waals surface area contributed by atoms with E-state index in [1.807, 2.05) is 12.1 Å². The van der Waals surface area contributed by atoms with Crippen LogP contribution in [0, 0.1) is 5.92 Å². The van der Waals surface area contributed by atoms with Crippen molar-refractivity contribution < 1.29 is 14.6 Å². The Balaban J connectivity index is 1.60. The van der Waals surface area contributed by atoms with Gasteiger partial charge in [-0.25, -0.2) is 0 Å². The number of nitrogens with zero attached hydrogens (tertiary/aromatic N) is 1. The average Bonchev–Trinajstić information content (AvgIpc) is 3.16. The molecular weight excluding hydrogens is 344 g/mol. The highest BCUT2D eigenvalue weighted by molar-refractivity contribution is 6.35. The lowest BCUT2D eigenvalue weighted by molar-refractivity contribution is 0.0234. The molecule has 0 spiro atoms. The van der Waals surface area contributed by atoms with E-state index >= 15 is 0 Å². The summed E-state index contributed by atoms with van der Waals surface area (Å²) < 4.78 is 5.55. The molecule has 0 saturated heterocycles. The van der Waals surface area contributed by atoms with E-state index in [0.29, 0.717) is 19.4 Å². The number of aliphatic hydroxyl groups excluding tert-OH is 1. The molecule has 2 aliphatic rings. The van der Waals surface area contributed by atoms with E-state index in [1.54, 1.807) is 0 Å². The second-order valence-corrected chi connectivity index (χ2v) is 6.98. The largest absolute Gasteiger partial charge is 0.493 e. The van der Waals surface area contributed by atoms with Crippen LogP contribution in [-0.4, -0.2) is 33.9 Å². The molecule has 25 heavy (non-hydrogen) atoms. The van der Waals surface area contributed by atoms with Crippen molar-refractivity contribution in [3.63, 3.8) is 0 Å². The third-order valence-corrected chi connectivity index (χ3v) is 5.32. The van der Waals surface area contributed by atoms with Gasteiger partial charge in [0.15, 0.2) is 5.82 Å². The highest BCUT2D eigenvalue weighted by Crippen LogP contribution is 2.40. The number of ether oxygens (including phenoxy) is 1. The van der Waals surface area contributed by atoms with E-state index in [0.717, 1.165) is 23.3 Å². The minimum absolute atomic E-state index is 0.0945. The summed E-state index contributed by atoms with van der Waals surface area (Å²) in [5, 5.41) is 19.1. The van der Waals surface area contributed by atoms with Gasteiger partial charge in [-0.15, -0.1) is 0 Å². The predicted octanol–water partition coefficient (Wildman–Crippen LogP) is 1.82. The number of fused-ring (bicyclic) bond motifs is 1. The predicted molar refractivity (Wildman–Crippen MR) is 92.6 cm³/mol. The molecule has 132 valence electrons. The van der Waals surface area contributed by atoms with Crippen molar-refractivity contribution in [1.29, 1.82) is 0 Å². The number of aromatic nitrogens is 2. The van der Waals surface area contributed by atoms with Gasteiger partial charge in [-0.2, -0.15) is 5.10 Å². The van der Waals surface area contributed by atoms with E-state index < -0.39 is 0 Å². The molecule has 1 aliphatic carbocycles. The average molecular weight is 363 g/mol. The number of aliphatic hydroxyl groups is 1. The number of anilines is 1. The lowest BCUT2D eigenvalue weighted by Gasteiger charge is -2.38. The first-order valence-electron chi connectivity index (χ1n) is 8.27. The molecule has 8 heteroatoms. The van der Waals surface area contributed by atoms with Gasteiger partial charge >= 0.3 is 0 Å². The zero-order valence-corrected chi connectivity index (χ0v) is 14.2. The summed E-state index contributed by atoms with van der Waals surface area (Å²) >= 11 is 6.02. The summed E-state index contributed by atoms with van der Waals surface area (Å²) in [5.74, 6) is 0.791. The molecule has 0 bridgehead atoms. The maximum atomic E-state index is 12.6. The van der Waals surface area contributed by atoms with Crippen molar-refractivity contribution in [3.8, 4) is 5.75 Å². The quantitative estimate of drug-likeness (QED) is 0.662. The van der Waals surface area contributed by atoms with Gasteiger partial charge in [0.25, 0.3) is 5.91 Å². The van der Waals surface area contributed by atoms with Crippen molar-refractivity contribution in [2.45, 2.75) is 31.4 Å². The molecule has 4 rings (SSSR count). The summed E-state index contributed by atoms with van der Waals surface area (Å²) in [6.45, 7) is 0.682. The van der Waals surface area contributed by atoms with Crippen molar-refractivity contribution >= 4 is 23.3 Å². The second kappa shape index (κ2) is 6.24. The number of carbonyl (C=O) groups is 1. The van der Waals surface area contributed by atoms with Crippen LogP contribution in [0.25, 0.3) is 0 Å². The molecule has 0 radical (unpaired) electrons. The summed E-state index contributed by atoms with van der Waals surface area (Å²) in [4.78, 5) is 12.6. The molecule has 7 nitrogen and oxygen atoms in total. The van der Waals surface area contributed by atoms with Crippen LogP contribution < -0.4 is 15.8 Å². The Hall–Kier alpha value is -2.25. The number of amides is 1. The summed E-state index contributed by atoms with van der Waals surface area (Å²) in [6, 6.07) is 5.75. The highest BCUT2D eigenvalue weighted by Gasteiger charge is 2.36. The Morgan fingerprint density at radius 3 is 2.96 bits per heavy atom. The van der Waals surface area contributed by atoms with Gasteiger partial charge in [-0.3, -0.25) is 9.89 Å². The Morgan fingerprint density at radius 2 is 2.28 bits per heavy atom. The van der Waals surface area contributed by atoms with E-state index in [4.69, 9.17) is 22.1 Å². The molecular formula is C17H19ClN4O3. The number of carbonyl (C=O) groups excluding carboxylic acids is 1. The number of hydrogen-bond acceptors (Lipinski definition) is 5. The van der Waals surface area contributed by atoms with Gasteiger partial charge < -0.3 is 20.9 Å². The van der Waals surface area contributed by atoms with Crippen molar-refractivity contribution in [3.05, 3.63) is 40.0 Å². The first-order chi connectivity index (χ1) is 12.0. The zero-order valence-electron chi connectivity index (χ0n) is 13.5. The SMILES string of the molecule is Nc1n[nH]c(C(=O)NC(c2ccc3c(c2)CCO3)C2CC(O)C2)c1Cl. The molecule has 1 unspecified atom stereocenters. The summed E-state index contributed by atoms with van der Waals surface area (Å²) in [5.41, 5.74) is 7.88. The van der Waals surface area contributed by atoms with Crippen LogP contribution in [0.15, 0.2) is 18.2 Å². The van der Waals surface area contributed by atoms with E-state index in [-0.39, 0.29) is 40.5 Å². The second-order valence-electron chi connectivity index (χ2n) is 6.60. The van der Waals surface area contributed by atoms with E-state index in [1.165, 1.54) is 0 Å². The number of halogens is 1. The highest BCUT2D eigenvalue weighted by atomic mass is 35.5. The number of aromatic amines is 1. The first-order valence-corrected chi connectivity index (χ1v) is 8.64. The minimum atomic E-state index is -0.364. The molecule has 1 aliphatic heterocycles. The fourth-order valence-electron chi connectivity index (χ4n) is 3.48. The minimum Gasteiger partial charge on any atom is -0.493 e. The molecule has 2 aromatic rings. The third-order valence-electron chi connectivity index (χ3n) is 4.94. The van der Waals surface area contributed by atoms with Gasteiger partial charge in [0.2, 0.25) is 0 Å². The Kier molecular flexibility index (Phi) is 4.05. The maximum absolute atomic E-state index is 12.6. The number of rotatable bonds is 4. The number of H-pyrrole nitrogens is 1. The van der Waals surface area contributed by atoms with Crippen LogP contribution in [0.3, 0.4) is 0 Å². The van der Waals surface area contributed by atoms with E-state index in [9.17, 15) is 9.90 Å². The number of nitrogens with two attached hydrogens (primary N) is 1. The number of nitrogens with one attached hydrogen (secondary N) is 2. The van der Waals surface area contributed by atoms with Crippen LogP contribution in [0.2, 0.25) is 5.02 Å². The number of nitrogen functional groups attached to an aromatic ring is 1. The number of benzene rings is 1. The van der Waals surface area contributed by atoms with Crippen LogP contribution in [0.1, 0.15) is 40.5 Å². The molecule has 1 aromatic carbocycles. The van der Waals surface area contributed by atoms with Crippen LogP contribution in [-0.2, 0) is 6.42 Å². The Bertz CT molecular complexity index is 816. The van der Waals surface area contributed by atoms with Crippen LogP contribution >= 0.6 is 11.6 Å². The van der Waals surface area contributed by atoms with Gasteiger partial charge in [0.05, 0.1) is 18.8 Å². The van der Waals surface area contributed by atoms with Gasteiger partial charge in [0.1, 0.15) is 16.5 Å². The lowest BCUT2D eigenvalue weighted by Crippen LogP contribution is -2.41. The normalized spacial score (nSPS) is 22.6. The number of hydrogen-bond donors (Lipinski definition) is 4. The van der Waals surface area contributed by atoms with Crippen molar-refractivity contribution in [1.82, 2.24) is 15.5 Å². The van der Waals surface area contributed by atoms with E-state index in [2.05, 4.69) is 21.6 Å². The molecule has 1 amide bonds. The van der Waals surface area contributed by atoms with Gasteiger partial charge in [-0.1, -0.05) is 17.7 Å². The molecule has 2 heterocycles. The molecule has 1 saturated carbocycles. The Morgan fingerprint density at radius 1 is 1.48 bits per heavy atom. The monoisotopic (exact) mass is 362 g/mol. The zero-order chi connectivity index (χ0) is 17.6. The molecule has 1 aromatic heterocycles.